The quantitative estimate of drug-likeness (QED) is 0.424. The largest absolute Gasteiger partial charge is 0.379 e. The Kier molecular flexibility index (Phi) is 6.11. The minimum atomic E-state index is -3.63. The molecule has 3 heterocycles. The highest BCUT2D eigenvalue weighted by Crippen LogP contribution is 2.33. The van der Waals surface area contributed by atoms with Crippen molar-refractivity contribution in [2.75, 3.05) is 31.6 Å². The molecule has 0 bridgehead atoms. The van der Waals surface area contributed by atoms with Gasteiger partial charge in [0.25, 0.3) is 11.6 Å². The molecule has 1 N–H and O–H groups in total. The van der Waals surface area contributed by atoms with Crippen LogP contribution in [0.1, 0.15) is 10.4 Å². The molecule has 1 aromatic carbocycles. The molecule has 0 atom stereocenters. The first-order valence-electron chi connectivity index (χ1n) is 9.03. The van der Waals surface area contributed by atoms with Gasteiger partial charge in [0.15, 0.2) is 5.13 Å². The van der Waals surface area contributed by atoms with Gasteiger partial charge in [0, 0.05) is 30.1 Å². The molecular weight excluding hydrogens is 464 g/mol. The van der Waals surface area contributed by atoms with Gasteiger partial charge < -0.3 is 4.74 Å². The zero-order valence-electron chi connectivity index (χ0n) is 15.9. The van der Waals surface area contributed by atoms with E-state index in [1.54, 1.807) is 5.38 Å². The normalized spacial score (nSPS) is 15.0. The number of ether oxygens (including phenoxy) is 1. The van der Waals surface area contributed by atoms with Crippen LogP contribution in [-0.2, 0) is 14.8 Å². The first kappa shape index (κ1) is 21.5. The van der Waals surface area contributed by atoms with E-state index in [0.29, 0.717) is 42.0 Å². The monoisotopic (exact) mass is 480 g/mol. The molecule has 13 heteroatoms. The number of anilines is 1. The van der Waals surface area contributed by atoms with Gasteiger partial charge in [-0.1, -0.05) is 0 Å². The van der Waals surface area contributed by atoms with Crippen LogP contribution in [0.5, 0.6) is 0 Å². The molecule has 0 radical (unpaired) electrons. The highest BCUT2D eigenvalue weighted by atomic mass is 32.2. The molecular formula is C18H16N4O6S3. The summed E-state index contributed by atoms with van der Waals surface area (Å²) < 4.78 is 31.9. The molecule has 0 unspecified atom stereocenters. The smallest absolute Gasteiger partial charge is 0.280 e. The second-order valence-electron chi connectivity index (χ2n) is 6.46. The van der Waals surface area contributed by atoms with Crippen molar-refractivity contribution in [2.45, 2.75) is 4.90 Å². The van der Waals surface area contributed by atoms with Crippen molar-refractivity contribution in [3.05, 3.63) is 56.8 Å². The summed E-state index contributed by atoms with van der Waals surface area (Å²) >= 11 is 2.39. The lowest BCUT2D eigenvalue weighted by Gasteiger charge is -2.26. The zero-order valence-corrected chi connectivity index (χ0v) is 18.3. The number of sulfonamides is 1. The van der Waals surface area contributed by atoms with Crippen molar-refractivity contribution in [1.29, 1.82) is 0 Å². The minimum Gasteiger partial charge on any atom is -0.379 e. The number of hydrogen-bond acceptors (Lipinski definition) is 9. The van der Waals surface area contributed by atoms with Crippen molar-refractivity contribution in [3.63, 3.8) is 0 Å². The molecule has 0 aliphatic carbocycles. The van der Waals surface area contributed by atoms with E-state index in [1.165, 1.54) is 62.7 Å². The average molecular weight is 481 g/mol. The maximum atomic E-state index is 12.7. The molecule has 1 saturated heterocycles. The summed E-state index contributed by atoms with van der Waals surface area (Å²) in [6.07, 6.45) is 0. The second-order valence-corrected chi connectivity index (χ2v) is 10.2. The Bertz CT molecular complexity index is 1210. The van der Waals surface area contributed by atoms with Crippen LogP contribution in [0.2, 0.25) is 0 Å². The summed E-state index contributed by atoms with van der Waals surface area (Å²) in [5.74, 6) is -0.437. The summed E-state index contributed by atoms with van der Waals surface area (Å²) in [6, 6.07) is 7.12. The van der Waals surface area contributed by atoms with Gasteiger partial charge in [-0.05, 0) is 24.3 Å². The lowest BCUT2D eigenvalue weighted by Crippen LogP contribution is -2.40. The number of amides is 1. The molecule has 1 aliphatic heterocycles. The number of carbonyl (C=O) groups excluding carboxylic acids is 1. The number of morpholine rings is 1. The number of benzene rings is 1. The van der Waals surface area contributed by atoms with Crippen LogP contribution in [0.3, 0.4) is 0 Å². The first-order valence-corrected chi connectivity index (χ1v) is 12.2. The number of nitrogens with one attached hydrogen (secondary N) is 1. The topological polar surface area (TPSA) is 132 Å². The summed E-state index contributed by atoms with van der Waals surface area (Å²) in [4.78, 5) is 27.9. The van der Waals surface area contributed by atoms with E-state index < -0.39 is 20.9 Å². The summed E-state index contributed by atoms with van der Waals surface area (Å²) in [5.41, 5.74) is 0.806. The number of thiophene rings is 1. The number of carbonyl (C=O) groups is 1. The molecule has 10 nitrogen and oxygen atoms in total. The molecule has 0 spiro atoms. The maximum Gasteiger partial charge on any atom is 0.280 e. The van der Waals surface area contributed by atoms with E-state index >= 15 is 0 Å². The molecule has 0 saturated carbocycles. The highest BCUT2D eigenvalue weighted by molar-refractivity contribution is 7.89. The van der Waals surface area contributed by atoms with E-state index in [1.807, 2.05) is 0 Å². The Morgan fingerprint density at radius 3 is 2.52 bits per heavy atom. The van der Waals surface area contributed by atoms with E-state index in [2.05, 4.69) is 10.3 Å². The molecule has 4 rings (SSSR count). The summed E-state index contributed by atoms with van der Waals surface area (Å²) in [5, 5.41) is 16.9. The van der Waals surface area contributed by atoms with Crippen molar-refractivity contribution >= 4 is 49.4 Å². The van der Waals surface area contributed by atoms with Crippen molar-refractivity contribution < 1.29 is 22.9 Å². The number of aromatic nitrogens is 1. The predicted molar refractivity (Wildman–Crippen MR) is 116 cm³/mol. The van der Waals surface area contributed by atoms with E-state index in [4.69, 9.17) is 4.74 Å². The number of hydrogen-bond donors (Lipinski definition) is 1. The van der Waals surface area contributed by atoms with E-state index in [-0.39, 0.29) is 16.1 Å². The Labute approximate surface area is 185 Å². The van der Waals surface area contributed by atoms with Gasteiger partial charge in [0.1, 0.15) is 0 Å². The van der Waals surface area contributed by atoms with Gasteiger partial charge in [-0.25, -0.2) is 13.4 Å². The van der Waals surface area contributed by atoms with Gasteiger partial charge in [0.2, 0.25) is 10.0 Å². The van der Waals surface area contributed by atoms with Gasteiger partial charge >= 0.3 is 0 Å². The third-order valence-electron chi connectivity index (χ3n) is 4.50. The van der Waals surface area contributed by atoms with Gasteiger partial charge in [-0.3, -0.25) is 20.2 Å². The van der Waals surface area contributed by atoms with Crippen molar-refractivity contribution in [2.24, 2.45) is 0 Å². The lowest BCUT2D eigenvalue weighted by molar-refractivity contribution is -0.384. The highest BCUT2D eigenvalue weighted by Gasteiger charge is 2.26. The Balaban J connectivity index is 1.44. The predicted octanol–water partition coefficient (Wildman–Crippen LogP) is 3.05. The average Bonchev–Trinajstić information content (AvgIpc) is 3.44. The molecule has 31 heavy (non-hydrogen) atoms. The lowest BCUT2D eigenvalue weighted by atomic mass is 10.2. The fourth-order valence-electron chi connectivity index (χ4n) is 2.88. The number of thiazole rings is 1. The second kappa shape index (κ2) is 8.80. The van der Waals surface area contributed by atoms with Crippen molar-refractivity contribution in [3.8, 4) is 10.6 Å². The summed E-state index contributed by atoms with van der Waals surface area (Å²) in [7, 11) is -3.63. The Hall–Kier alpha value is -2.71. The maximum absolute atomic E-state index is 12.7. The zero-order chi connectivity index (χ0) is 22.0. The van der Waals surface area contributed by atoms with Crippen LogP contribution in [0.4, 0.5) is 10.8 Å². The van der Waals surface area contributed by atoms with Gasteiger partial charge in [0.05, 0.1) is 39.0 Å². The fourth-order valence-corrected chi connectivity index (χ4v) is 5.89. The molecule has 1 amide bonds. The molecule has 3 aromatic rings. The molecule has 162 valence electrons. The van der Waals surface area contributed by atoms with Gasteiger partial charge in [-0.15, -0.1) is 22.7 Å². The summed E-state index contributed by atoms with van der Waals surface area (Å²) in [6.45, 7) is 1.30. The number of nitro groups is 1. The van der Waals surface area contributed by atoms with Crippen LogP contribution >= 0.6 is 22.7 Å². The molecule has 2 aromatic heterocycles. The Morgan fingerprint density at radius 2 is 1.87 bits per heavy atom. The number of nitrogens with zero attached hydrogens (tertiary/aromatic N) is 3. The number of rotatable bonds is 6. The Morgan fingerprint density at radius 1 is 1.16 bits per heavy atom. The molecule has 1 fully saturated rings. The standard InChI is InChI=1S/C18H16N4O6S3/c23-17(20-18-19-15(11-30-18)16-9-13(10-29-16)22(24)25)12-1-3-14(4-2-12)31(26,27)21-5-7-28-8-6-21/h1-4,9-11H,5-8H2,(H,19,20,23). The first-order chi connectivity index (χ1) is 14.8. The fraction of sp³-hybridized carbons (Fsp3) is 0.222. The minimum absolute atomic E-state index is 0.00860. The third-order valence-corrected chi connectivity index (χ3v) is 8.11. The van der Waals surface area contributed by atoms with Crippen LogP contribution in [-0.4, -0.2) is 54.8 Å². The van der Waals surface area contributed by atoms with Crippen molar-refractivity contribution in [1.82, 2.24) is 9.29 Å². The SMILES string of the molecule is O=C(Nc1nc(-c2cc([N+](=O)[O-])cs2)cs1)c1ccc(S(=O)(=O)N2CCOCC2)cc1. The van der Waals surface area contributed by atoms with Crippen LogP contribution in [0, 0.1) is 10.1 Å². The van der Waals surface area contributed by atoms with E-state index in [9.17, 15) is 23.3 Å². The third kappa shape index (κ3) is 4.65. The van der Waals surface area contributed by atoms with Crippen LogP contribution in [0.25, 0.3) is 10.6 Å². The van der Waals surface area contributed by atoms with E-state index in [0.717, 1.165) is 0 Å². The van der Waals surface area contributed by atoms with Gasteiger partial charge in [-0.2, -0.15) is 4.31 Å². The molecule has 1 aliphatic rings. The van der Waals surface area contributed by atoms with Crippen LogP contribution < -0.4 is 5.32 Å². The van der Waals surface area contributed by atoms with Crippen LogP contribution in [0.15, 0.2) is 46.0 Å².